The fraction of sp³-hybridized carbons (Fsp3) is 0.154. The lowest BCUT2D eigenvalue weighted by molar-refractivity contribution is 0.0686. The van der Waals surface area contributed by atoms with Gasteiger partial charge in [0.25, 0.3) is 1.43 Å². The van der Waals surface area contributed by atoms with E-state index in [1.165, 1.54) is 35.4 Å². The molecule has 3 N–H and O–H groups in total. The van der Waals surface area contributed by atoms with Crippen LogP contribution in [0.4, 0.5) is 0 Å². The highest BCUT2D eigenvalue weighted by atomic mass is 35.7. The number of carboxylic acid groups (broad SMARTS) is 2. The molecule has 0 aliphatic heterocycles. The first kappa shape index (κ1) is 41.6. The third kappa shape index (κ3) is 22.8. The molecule has 0 aromatic heterocycles. The molecule has 0 heterocycles. The van der Waals surface area contributed by atoms with Gasteiger partial charge in [0, 0.05) is 16.7 Å². The normalized spacial score (nSPS) is 10.7. The molecule has 0 aliphatic carbocycles. The van der Waals surface area contributed by atoms with Gasteiger partial charge < -0.3 is 15.3 Å². The van der Waals surface area contributed by atoms with Crippen molar-refractivity contribution in [2.24, 2.45) is 0 Å². The van der Waals surface area contributed by atoms with Crippen LogP contribution in [0.1, 0.15) is 90.6 Å². The number of phenols is 1. The SMILES string of the molecule is C/C=C(\C)c1ccc(C(=O)O)cc1.C/C=C(\C)c1ccc(C=O)cc1.O=Cc1ccc(C(=O)O)cc1.[2H]B(C)S.[2H]B([3H])CSCl.[3H]Oc1ccc(C=O)cc1. The van der Waals surface area contributed by atoms with E-state index >= 15 is 0 Å². The first-order valence-electron chi connectivity index (χ1n) is 17.5. The van der Waals surface area contributed by atoms with E-state index in [0.29, 0.717) is 34.4 Å². The quantitative estimate of drug-likeness (QED) is 0.0706. The second-order valence-corrected chi connectivity index (χ2v) is 11.6. The molecule has 13 heteroatoms. The highest BCUT2D eigenvalue weighted by Crippen LogP contribution is 2.15. The van der Waals surface area contributed by atoms with E-state index in [0.717, 1.165) is 40.2 Å². The van der Waals surface area contributed by atoms with Crippen LogP contribution in [0.3, 0.4) is 0 Å². The van der Waals surface area contributed by atoms with Gasteiger partial charge in [-0.1, -0.05) is 78.5 Å². The largest absolute Gasteiger partial charge is 0.508 e. The summed E-state index contributed by atoms with van der Waals surface area (Å²) in [6.45, 7) is 9.48. The number of carbonyl (C=O) groups excluding carboxylic acids is 3. The monoisotopic (exact) mass is 768 g/mol. The van der Waals surface area contributed by atoms with Gasteiger partial charge in [0.15, 0.2) is 6.52 Å². The molecule has 0 amide bonds. The highest BCUT2D eigenvalue weighted by Gasteiger charge is 2.02. The molecule has 52 heavy (non-hydrogen) atoms. The number of benzene rings is 4. The summed E-state index contributed by atoms with van der Waals surface area (Å²) in [5.41, 5.74) is 7.31. The van der Waals surface area contributed by atoms with Crippen molar-refractivity contribution < 1.29 is 39.3 Å². The number of hydrogen-bond donors (Lipinski definition) is 4. The van der Waals surface area contributed by atoms with E-state index in [-0.39, 0.29) is 12.1 Å². The summed E-state index contributed by atoms with van der Waals surface area (Å²) >= 11 is 3.63. The molecule has 4 aromatic rings. The molecule has 0 saturated heterocycles. The van der Waals surface area contributed by atoms with Crippen molar-refractivity contribution in [2.45, 2.75) is 34.5 Å². The Balaban J connectivity index is 0. The zero-order valence-corrected chi connectivity index (χ0v) is 32.0. The molecule has 0 fully saturated rings. The van der Waals surface area contributed by atoms with Gasteiger partial charge >= 0.3 is 11.9 Å². The van der Waals surface area contributed by atoms with Crippen LogP contribution in [0.25, 0.3) is 11.1 Å². The first-order chi connectivity index (χ1) is 26.5. The van der Waals surface area contributed by atoms with Crippen molar-refractivity contribution in [2.75, 3.05) is 5.65 Å². The number of hydrogen-bond acceptors (Lipinski definition) is 8. The Morgan fingerprint density at radius 3 is 1.29 bits per heavy atom. The maximum absolute atomic E-state index is 10.5. The van der Waals surface area contributed by atoms with Gasteiger partial charge in [0.2, 0.25) is 0 Å². The maximum atomic E-state index is 10.5. The molecule has 4 aromatic carbocycles. The second-order valence-electron chi connectivity index (χ2n) is 9.83. The van der Waals surface area contributed by atoms with E-state index in [1.807, 2.05) is 63.2 Å². The van der Waals surface area contributed by atoms with Gasteiger partial charge in [-0.3, -0.25) is 14.4 Å². The van der Waals surface area contributed by atoms with Gasteiger partial charge in [0.05, 0.1) is 11.1 Å². The van der Waals surface area contributed by atoms with E-state index in [2.05, 4.69) is 30.6 Å². The number of aromatic hydroxyl groups is 1. The summed E-state index contributed by atoms with van der Waals surface area (Å²) in [6.07, 6.45) is 6.32. The number of rotatable bonds is 10. The molecule has 0 atom stereocenters. The first-order valence-corrected chi connectivity index (χ1v) is 17.7. The fourth-order valence-electron chi connectivity index (χ4n) is 3.28. The molecular weight excluding hydrogens is 718 g/mol. The summed E-state index contributed by atoms with van der Waals surface area (Å²) in [5.74, 6) is -1.43. The number of phenolic OH excluding ortho intramolecular Hbond substituents is 1. The lowest BCUT2D eigenvalue weighted by atomic mass is 10.1. The average Bonchev–Trinajstić information content (AvgIpc) is 3.21. The number of halogens is 1. The van der Waals surface area contributed by atoms with Crippen molar-refractivity contribution in [3.8, 4) is 5.75 Å². The van der Waals surface area contributed by atoms with Crippen LogP contribution in [0, 0.1) is 0 Å². The molecule has 0 saturated carbocycles. The summed E-state index contributed by atoms with van der Waals surface area (Å²) < 4.78 is 26.0. The highest BCUT2D eigenvalue weighted by molar-refractivity contribution is 8.21. The lowest BCUT2D eigenvalue weighted by Crippen LogP contribution is -1.95. The number of carboxylic acids is 2. The molecule has 0 unspecified atom stereocenters. The average molecular weight is 769 g/mol. The zero-order chi connectivity index (χ0) is 43.1. The van der Waals surface area contributed by atoms with Gasteiger partial charge in [-0.05, 0) is 119 Å². The molecule has 0 aliphatic rings. The molecule has 8 nitrogen and oxygen atoms in total. The number of aromatic carboxylic acids is 2. The fourth-order valence-corrected chi connectivity index (χ4v) is 3.28. The topological polar surface area (TPSA) is 146 Å². The Bertz CT molecular complexity index is 1790. The van der Waals surface area contributed by atoms with Crippen molar-refractivity contribution in [1.82, 2.24) is 0 Å². The van der Waals surface area contributed by atoms with Crippen LogP contribution in [0.2, 0.25) is 6.82 Å². The van der Waals surface area contributed by atoms with Gasteiger partial charge in [0.1, 0.15) is 32.4 Å². The molecule has 0 spiro atoms. The Hall–Kier alpha value is -4.77. The Morgan fingerprint density at radius 2 is 1.06 bits per heavy atom. The number of allylic oxidation sites excluding steroid dienone is 4. The Kier molecular flexibility index (Phi) is 24.8. The van der Waals surface area contributed by atoms with E-state index in [9.17, 15) is 24.0 Å². The van der Waals surface area contributed by atoms with E-state index in [1.54, 1.807) is 43.2 Å². The molecule has 274 valence electrons. The minimum Gasteiger partial charge on any atom is -0.508 e. The second kappa shape index (κ2) is 31.0. The van der Waals surface area contributed by atoms with Crippen molar-refractivity contribution >= 4 is 90.4 Å². The van der Waals surface area contributed by atoms with Crippen molar-refractivity contribution in [3.05, 3.63) is 148 Å². The van der Waals surface area contributed by atoms with Crippen LogP contribution in [0.15, 0.2) is 109 Å². The predicted octanol–water partition coefficient (Wildman–Crippen LogP) is 8.91. The third-order valence-corrected chi connectivity index (χ3v) is 6.83. The van der Waals surface area contributed by atoms with Gasteiger partial charge in [-0.15, -0.1) is 0 Å². The lowest BCUT2D eigenvalue weighted by Gasteiger charge is -2.00. The van der Waals surface area contributed by atoms with Gasteiger partial charge in [-0.25, -0.2) is 22.1 Å². The minimum atomic E-state index is -0.984. The van der Waals surface area contributed by atoms with Crippen LogP contribution in [-0.2, 0) is 0 Å². The smallest absolute Gasteiger partial charge is 0.335 e. The number of thiol groups is 1. The number of carbonyl (C=O) groups is 5. The summed E-state index contributed by atoms with van der Waals surface area (Å²) in [7, 11) is 5.31. The zero-order valence-electron chi connectivity index (χ0n) is 33.6. The third-order valence-electron chi connectivity index (χ3n) is 6.33. The van der Waals surface area contributed by atoms with Crippen LogP contribution < -0.4 is 0 Å². The predicted molar refractivity (Wildman–Crippen MR) is 225 cm³/mol. The molecule has 4 rings (SSSR count). The van der Waals surface area contributed by atoms with Crippen LogP contribution >= 0.6 is 34.1 Å². The summed E-state index contributed by atoms with van der Waals surface area (Å²) in [5, 5.41) is 21.3. The number of aldehydes is 3. The Labute approximate surface area is 328 Å². The van der Waals surface area contributed by atoms with E-state index < -0.39 is 19.7 Å². The van der Waals surface area contributed by atoms with Crippen molar-refractivity contribution in [1.29, 1.82) is 5.44 Å². The minimum absolute atomic E-state index is 0.190. The molecule has 0 radical (unpaired) electrons. The van der Waals surface area contributed by atoms with Crippen LogP contribution in [-0.4, -0.2) is 71.5 Å². The van der Waals surface area contributed by atoms with Gasteiger partial charge in [-0.2, -0.15) is 0 Å². The maximum Gasteiger partial charge on any atom is 0.335 e. The van der Waals surface area contributed by atoms with Crippen LogP contribution in [0.5, 0.6) is 5.75 Å². The standard InChI is InChI=1S/C11H12O2.C11H12O.C8H6O3.C7H6O2.CH4BClS.CH5BS/c1-3-8(2)9-4-6-10(7-5-9)11(12)13;1-3-9(2)11-6-4-10(8-12)5-7-11;9-5-6-1-3-7(4-2-6)8(10)11;8-5-6-1-3-7(9)4-2-6;2-1-4-3;1-2-3/h3-7H,1-2H3,(H,12,13);3-8H,1-2H3;1-5H,(H,10,11);1-5,9H;1-2H2;2-3H,1H3/b8-3+;9-3+;;;;/i;;;;2TD;2D/hT. The molecular formula is C39H45B2ClO8S2. The molecule has 0 bridgehead atoms. The summed E-state index contributed by atoms with van der Waals surface area (Å²) in [4.78, 5) is 51.5. The summed E-state index contributed by atoms with van der Waals surface area (Å²) in [6, 6.07) is 26.5. The van der Waals surface area contributed by atoms with E-state index in [4.69, 9.17) is 26.3 Å². The Morgan fingerprint density at radius 1 is 0.769 bits per heavy atom. The van der Waals surface area contributed by atoms with Crippen molar-refractivity contribution in [3.63, 3.8) is 0 Å².